The molecule has 1 saturated carbocycles. The Hall–Kier alpha value is -0.820. The van der Waals surface area contributed by atoms with Gasteiger partial charge in [-0.15, -0.1) is 0 Å². The van der Waals surface area contributed by atoms with E-state index in [4.69, 9.17) is 5.73 Å². The van der Waals surface area contributed by atoms with Gasteiger partial charge in [0.1, 0.15) is 0 Å². The molecule has 0 amide bonds. The standard InChI is InChI=1S/C16H25N/c1-12-7-5-8-13(2)14(12)11-16(17)10-6-9-15(16,3)4/h5,7-8H,6,9-11,17H2,1-4H3. The first-order valence-corrected chi connectivity index (χ1v) is 6.70. The van der Waals surface area contributed by atoms with Crippen molar-refractivity contribution in [1.29, 1.82) is 0 Å². The lowest BCUT2D eigenvalue weighted by atomic mass is 9.71. The van der Waals surface area contributed by atoms with E-state index in [0.717, 1.165) is 12.8 Å². The highest BCUT2D eigenvalue weighted by molar-refractivity contribution is 5.35. The molecule has 1 aromatic carbocycles. The molecule has 0 aliphatic heterocycles. The second-order valence-corrected chi connectivity index (χ2v) is 6.44. The van der Waals surface area contributed by atoms with E-state index in [0.29, 0.717) is 0 Å². The predicted molar refractivity (Wildman–Crippen MR) is 74.2 cm³/mol. The molecule has 0 spiro atoms. The van der Waals surface area contributed by atoms with Gasteiger partial charge in [-0.25, -0.2) is 0 Å². The lowest BCUT2D eigenvalue weighted by Gasteiger charge is -2.39. The number of hydrogen-bond acceptors (Lipinski definition) is 1. The van der Waals surface area contributed by atoms with Crippen LogP contribution in [0.4, 0.5) is 0 Å². The van der Waals surface area contributed by atoms with Crippen molar-refractivity contribution in [2.75, 3.05) is 0 Å². The van der Waals surface area contributed by atoms with Gasteiger partial charge < -0.3 is 5.73 Å². The second-order valence-electron chi connectivity index (χ2n) is 6.44. The highest BCUT2D eigenvalue weighted by atomic mass is 14.8. The molecule has 0 bridgehead atoms. The Balaban J connectivity index is 2.33. The van der Waals surface area contributed by atoms with Crippen LogP contribution in [0.25, 0.3) is 0 Å². The molecule has 0 radical (unpaired) electrons. The van der Waals surface area contributed by atoms with Crippen LogP contribution in [0, 0.1) is 19.3 Å². The molecule has 1 unspecified atom stereocenters. The first-order chi connectivity index (χ1) is 7.86. The largest absolute Gasteiger partial charge is 0.324 e. The van der Waals surface area contributed by atoms with Crippen LogP contribution in [-0.2, 0) is 6.42 Å². The summed E-state index contributed by atoms with van der Waals surface area (Å²) in [4.78, 5) is 0. The van der Waals surface area contributed by atoms with Crippen LogP contribution < -0.4 is 5.73 Å². The van der Waals surface area contributed by atoms with Gasteiger partial charge in [0.2, 0.25) is 0 Å². The van der Waals surface area contributed by atoms with E-state index >= 15 is 0 Å². The van der Waals surface area contributed by atoms with Crippen molar-refractivity contribution in [3.63, 3.8) is 0 Å². The van der Waals surface area contributed by atoms with Crippen LogP contribution in [0.1, 0.15) is 49.8 Å². The maximum atomic E-state index is 6.71. The van der Waals surface area contributed by atoms with Crippen LogP contribution in [-0.4, -0.2) is 5.54 Å². The van der Waals surface area contributed by atoms with Gasteiger partial charge in [0.25, 0.3) is 0 Å². The molecule has 0 heterocycles. The minimum Gasteiger partial charge on any atom is -0.324 e. The minimum absolute atomic E-state index is 0.0239. The molecule has 2 rings (SSSR count). The number of nitrogens with two attached hydrogens (primary N) is 1. The molecular formula is C16H25N. The highest BCUT2D eigenvalue weighted by Gasteiger charge is 2.45. The topological polar surface area (TPSA) is 26.0 Å². The number of aryl methyl sites for hydroxylation is 2. The Kier molecular flexibility index (Phi) is 3.07. The third-order valence-corrected chi connectivity index (χ3v) is 4.91. The molecule has 1 nitrogen and oxygen atoms in total. The molecule has 0 aromatic heterocycles. The van der Waals surface area contributed by atoms with E-state index in [1.807, 2.05) is 0 Å². The molecule has 1 atom stereocenters. The van der Waals surface area contributed by atoms with Crippen LogP contribution in [0.15, 0.2) is 18.2 Å². The summed E-state index contributed by atoms with van der Waals surface area (Å²) in [5.41, 5.74) is 11.2. The van der Waals surface area contributed by atoms with Crippen LogP contribution in [0.5, 0.6) is 0 Å². The summed E-state index contributed by atoms with van der Waals surface area (Å²) in [6, 6.07) is 6.54. The first-order valence-electron chi connectivity index (χ1n) is 6.70. The number of benzene rings is 1. The smallest absolute Gasteiger partial charge is 0.0247 e. The van der Waals surface area contributed by atoms with E-state index in [2.05, 4.69) is 45.9 Å². The first kappa shape index (κ1) is 12.6. The average Bonchev–Trinajstić information content (AvgIpc) is 2.48. The molecule has 1 aliphatic carbocycles. The Bertz CT molecular complexity index is 399. The summed E-state index contributed by atoms with van der Waals surface area (Å²) in [6.07, 6.45) is 4.72. The zero-order chi connectivity index (χ0) is 12.7. The number of rotatable bonds is 2. The van der Waals surface area contributed by atoms with Crippen molar-refractivity contribution in [3.8, 4) is 0 Å². The van der Waals surface area contributed by atoms with Crippen molar-refractivity contribution >= 4 is 0 Å². The Morgan fingerprint density at radius 1 is 1.12 bits per heavy atom. The van der Waals surface area contributed by atoms with Crippen molar-refractivity contribution in [3.05, 3.63) is 34.9 Å². The van der Waals surface area contributed by atoms with Crippen molar-refractivity contribution < 1.29 is 0 Å². The molecule has 17 heavy (non-hydrogen) atoms. The fourth-order valence-electron chi connectivity index (χ4n) is 3.20. The third kappa shape index (κ3) is 2.13. The SMILES string of the molecule is Cc1cccc(C)c1CC1(N)CCCC1(C)C. The van der Waals surface area contributed by atoms with Gasteiger partial charge in [0.05, 0.1) is 0 Å². The third-order valence-electron chi connectivity index (χ3n) is 4.91. The van der Waals surface area contributed by atoms with E-state index in [1.165, 1.54) is 29.5 Å². The van der Waals surface area contributed by atoms with Gasteiger partial charge in [0, 0.05) is 5.54 Å². The van der Waals surface area contributed by atoms with Crippen molar-refractivity contribution in [1.82, 2.24) is 0 Å². The van der Waals surface area contributed by atoms with Crippen molar-refractivity contribution in [2.24, 2.45) is 11.1 Å². The van der Waals surface area contributed by atoms with E-state index < -0.39 is 0 Å². The Morgan fingerprint density at radius 3 is 2.18 bits per heavy atom. The molecule has 1 fully saturated rings. The van der Waals surface area contributed by atoms with E-state index in [9.17, 15) is 0 Å². The zero-order valence-corrected chi connectivity index (χ0v) is 11.6. The quantitative estimate of drug-likeness (QED) is 0.824. The molecular weight excluding hydrogens is 206 g/mol. The second kappa shape index (κ2) is 4.13. The molecule has 2 N–H and O–H groups in total. The Morgan fingerprint density at radius 2 is 1.71 bits per heavy atom. The summed E-state index contributed by atoms with van der Waals surface area (Å²) >= 11 is 0. The zero-order valence-electron chi connectivity index (χ0n) is 11.6. The average molecular weight is 231 g/mol. The summed E-state index contributed by atoms with van der Waals surface area (Å²) in [5.74, 6) is 0. The van der Waals surface area contributed by atoms with Crippen LogP contribution in [0.2, 0.25) is 0 Å². The lowest BCUT2D eigenvalue weighted by molar-refractivity contribution is 0.206. The van der Waals surface area contributed by atoms with Crippen LogP contribution >= 0.6 is 0 Å². The maximum Gasteiger partial charge on any atom is 0.0247 e. The summed E-state index contributed by atoms with van der Waals surface area (Å²) in [7, 11) is 0. The van der Waals surface area contributed by atoms with Gasteiger partial charge in [0.15, 0.2) is 0 Å². The van der Waals surface area contributed by atoms with Gasteiger partial charge in [-0.3, -0.25) is 0 Å². The van der Waals surface area contributed by atoms with E-state index in [1.54, 1.807) is 0 Å². The molecule has 1 aliphatic rings. The predicted octanol–water partition coefficient (Wildman–Crippen LogP) is 3.75. The fraction of sp³-hybridized carbons (Fsp3) is 0.625. The van der Waals surface area contributed by atoms with Crippen LogP contribution in [0.3, 0.4) is 0 Å². The molecule has 94 valence electrons. The molecule has 1 aromatic rings. The normalized spacial score (nSPS) is 27.4. The monoisotopic (exact) mass is 231 g/mol. The Labute approximate surface area is 105 Å². The van der Waals surface area contributed by atoms with Gasteiger partial charge in [-0.05, 0) is 55.2 Å². The summed E-state index contributed by atoms with van der Waals surface area (Å²) < 4.78 is 0. The molecule has 0 saturated heterocycles. The van der Waals surface area contributed by atoms with Gasteiger partial charge in [-0.2, -0.15) is 0 Å². The lowest BCUT2D eigenvalue weighted by Crippen LogP contribution is -2.50. The van der Waals surface area contributed by atoms with Gasteiger partial charge >= 0.3 is 0 Å². The minimum atomic E-state index is -0.0239. The highest BCUT2D eigenvalue weighted by Crippen LogP contribution is 2.46. The molecule has 1 heteroatoms. The maximum absolute atomic E-state index is 6.71. The fourth-order valence-corrected chi connectivity index (χ4v) is 3.20. The summed E-state index contributed by atoms with van der Waals surface area (Å²) in [6.45, 7) is 9.06. The summed E-state index contributed by atoms with van der Waals surface area (Å²) in [5, 5.41) is 0. The van der Waals surface area contributed by atoms with E-state index in [-0.39, 0.29) is 11.0 Å². The van der Waals surface area contributed by atoms with Gasteiger partial charge in [-0.1, -0.05) is 38.5 Å². The van der Waals surface area contributed by atoms with Crippen molar-refractivity contribution in [2.45, 2.75) is 58.9 Å². The number of hydrogen-bond donors (Lipinski definition) is 1.